The number of piperidine rings is 1. The summed E-state index contributed by atoms with van der Waals surface area (Å²) in [6.45, 7) is 6.04. The Hall–Kier alpha value is -2.73. The second kappa shape index (κ2) is 8.66. The topological polar surface area (TPSA) is 62.7 Å². The van der Waals surface area contributed by atoms with Gasteiger partial charge in [-0.25, -0.2) is 4.98 Å². The van der Waals surface area contributed by atoms with E-state index in [1.807, 2.05) is 28.9 Å². The highest BCUT2D eigenvalue weighted by molar-refractivity contribution is 5.92. The van der Waals surface area contributed by atoms with Crippen LogP contribution in [-0.4, -0.2) is 66.0 Å². The van der Waals surface area contributed by atoms with E-state index in [-0.39, 0.29) is 23.1 Å². The highest BCUT2D eigenvalue weighted by Crippen LogP contribution is 2.52. The Morgan fingerprint density at radius 1 is 1.00 bits per heavy atom. The summed E-state index contributed by atoms with van der Waals surface area (Å²) >= 11 is 0. The van der Waals surface area contributed by atoms with Gasteiger partial charge in [-0.15, -0.1) is 0 Å². The number of aromatic nitrogens is 1. The lowest BCUT2D eigenvalue weighted by Gasteiger charge is -2.40. The van der Waals surface area contributed by atoms with Gasteiger partial charge in [-0.3, -0.25) is 9.59 Å². The maximum absolute atomic E-state index is 13.0. The lowest BCUT2D eigenvalue weighted by atomic mass is 9.73. The van der Waals surface area contributed by atoms with E-state index < -0.39 is 0 Å². The molecule has 1 unspecified atom stereocenters. The molecule has 1 aromatic carbocycles. The molecule has 2 aromatic rings. The van der Waals surface area contributed by atoms with Gasteiger partial charge in [-0.1, -0.05) is 30.3 Å². The fourth-order valence-electron chi connectivity index (χ4n) is 5.80. The second-order valence-electron chi connectivity index (χ2n) is 9.42. The maximum atomic E-state index is 13.0. The molecule has 0 bridgehead atoms. The van der Waals surface area contributed by atoms with Crippen molar-refractivity contribution in [3.63, 3.8) is 0 Å². The van der Waals surface area contributed by atoms with Crippen molar-refractivity contribution in [3.8, 4) is 0 Å². The van der Waals surface area contributed by atoms with Crippen molar-refractivity contribution in [2.24, 2.45) is 0 Å². The van der Waals surface area contributed by atoms with Crippen LogP contribution in [0.5, 0.6) is 0 Å². The fraction of sp³-hybridized carbons (Fsp3) is 0.500. The third kappa shape index (κ3) is 3.92. The third-order valence-corrected chi connectivity index (χ3v) is 7.51. The minimum atomic E-state index is 0.0221. The Morgan fingerprint density at radius 2 is 1.75 bits per heavy atom. The van der Waals surface area contributed by atoms with Crippen molar-refractivity contribution >= 4 is 11.8 Å². The summed E-state index contributed by atoms with van der Waals surface area (Å²) < 4.78 is 5.40. The van der Waals surface area contributed by atoms with Gasteiger partial charge in [-0.2, -0.15) is 0 Å². The van der Waals surface area contributed by atoms with Crippen LogP contribution in [0, 0.1) is 6.92 Å². The number of hydrogen-bond acceptors (Lipinski definition) is 4. The highest BCUT2D eigenvalue weighted by Gasteiger charge is 2.46. The molecule has 1 aliphatic carbocycles. The molecule has 1 spiro atoms. The van der Waals surface area contributed by atoms with Crippen LogP contribution in [0.3, 0.4) is 0 Å². The first-order chi connectivity index (χ1) is 15.6. The van der Waals surface area contributed by atoms with Gasteiger partial charge in [0, 0.05) is 38.3 Å². The summed E-state index contributed by atoms with van der Waals surface area (Å²) in [5.74, 6) is 0.513. The second-order valence-corrected chi connectivity index (χ2v) is 9.42. The zero-order valence-electron chi connectivity index (χ0n) is 18.8. The van der Waals surface area contributed by atoms with E-state index in [4.69, 9.17) is 4.74 Å². The molecule has 6 nitrogen and oxygen atoms in total. The molecule has 2 aliphatic heterocycles. The van der Waals surface area contributed by atoms with Crippen molar-refractivity contribution in [2.75, 3.05) is 39.4 Å². The molecule has 5 rings (SSSR count). The zero-order valence-corrected chi connectivity index (χ0v) is 18.8. The number of nitrogens with zero attached hydrogens (tertiary/aromatic N) is 3. The van der Waals surface area contributed by atoms with Crippen LogP contribution in [-0.2, 0) is 14.9 Å². The molecule has 6 heteroatoms. The van der Waals surface area contributed by atoms with Gasteiger partial charge >= 0.3 is 0 Å². The molecule has 3 heterocycles. The molecule has 0 radical (unpaired) electrons. The smallest absolute Gasteiger partial charge is 0.272 e. The summed E-state index contributed by atoms with van der Waals surface area (Å²) in [7, 11) is 0. The van der Waals surface area contributed by atoms with Crippen LogP contribution in [0.1, 0.15) is 58.9 Å². The van der Waals surface area contributed by atoms with Crippen molar-refractivity contribution < 1.29 is 14.3 Å². The first-order valence-electron chi connectivity index (χ1n) is 11.7. The number of amides is 2. The molecule has 2 saturated heterocycles. The Morgan fingerprint density at radius 3 is 2.50 bits per heavy atom. The summed E-state index contributed by atoms with van der Waals surface area (Å²) in [5, 5.41) is 0. The van der Waals surface area contributed by atoms with Crippen molar-refractivity contribution in [2.45, 2.75) is 43.9 Å². The zero-order chi connectivity index (χ0) is 22.1. The first-order valence-corrected chi connectivity index (χ1v) is 11.7. The van der Waals surface area contributed by atoms with Gasteiger partial charge < -0.3 is 14.5 Å². The van der Waals surface area contributed by atoms with E-state index in [0.717, 1.165) is 38.0 Å². The Labute approximate surface area is 189 Å². The molecule has 168 valence electrons. The lowest BCUT2D eigenvalue weighted by Crippen LogP contribution is -2.44. The monoisotopic (exact) mass is 433 g/mol. The van der Waals surface area contributed by atoms with E-state index in [1.165, 1.54) is 11.1 Å². The minimum Gasteiger partial charge on any atom is -0.378 e. The largest absolute Gasteiger partial charge is 0.378 e. The number of benzene rings is 1. The quantitative estimate of drug-likeness (QED) is 0.745. The minimum absolute atomic E-state index is 0.0221. The number of ether oxygens (including phenoxy) is 1. The van der Waals surface area contributed by atoms with Gasteiger partial charge in [0.1, 0.15) is 5.69 Å². The molecule has 2 amide bonds. The maximum Gasteiger partial charge on any atom is 0.272 e. The number of likely N-dealkylation sites (tertiary alicyclic amines) is 1. The normalized spacial score (nSPS) is 22.1. The number of rotatable bonds is 3. The Kier molecular flexibility index (Phi) is 5.72. The molecular weight excluding hydrogens is 402 g/mol. The van der Waals surface area contributed by atoms with Crippen LogP contribution >= 0.6 is 0 Å². The summed E-state index contributed by atoms with van der Waals surface area (Å²) in [5.41, 5.74) is 4.17. The van der Waals surface area contributed by atoms with Crippen molar-refractivity contribution in [1.29, 1.82) is 0 Å². The summed E-state index contributed by atoms with van der Waals surface area (Å²) in [4.78, 5) is 34.3. The summed E-state index contributed by atoms with van der Waals surface area (Å²) in [6.07, 6.45) is 3.43. The van der Waals surface area contributed by atoms with Crippen LogP contribution < -0.4 is 0 Å². The number of carbonyl (C=O) groups is 2. The Balaban J connectivity index is 1.30. The number of aryl methyl sites for hydroxylation is 1. The molecule has 2 fully saturated rings. The van der Waals surface area contributed by atoms with Crippen molar-refractivity contribution in [3.05, 3.63) is 65.0 Å². The summed E-state index contributed by atoms with van der Waals surface area (Å²) in [6, 6.07) is 14.3. The van der Waals surface area contributed by atoms with Crippen LogP contribution in [0.2, 0.25) is 0 Å². The van der Waals surface area contributed by atoms with Gasteiger partial charge in [-0.05, 0) is 60.8 Å². The average Bonchev–Trinajstić information content (AvgIpc) is 3.12. The molecular formula is C26H31N3O3. The lowest BCUT2D eigenvalue weighted by molar-refractivity contribution is -0.135. The van der Waals surface area contributed by atoms with E-state index in [9.17, 15) is 9.59 Å². The molecule has 0 saturated carbocycles. The number of fused-ring (bicyclic) bond motifs is 2. The van der Waals surface area contributed by atoms with Crippen LogP contribution in [0.4, 0.5) is 0 Å². The number of carbonyl (C=O) groups excluding carboxylic acids is 2. The molecule has 1 atom stereocenters. The average molecular weight is 434 g/mol. The van der Waals surface area contributed by atoms with E-state index in [1.54, 1.807) is 6.07 Å². The van der Waals surface area contributed by atoms with Crippen LogP contribution in [0.15, 0.2) is 42.5 Å². The number of pyridine rings is 1. The SMILES string of the molecule is Cc1cccc(C(=O)N2CCC3(CC2)CC(CC(=O)N2CCOCC2)c2ccccc23)n1. The van der Waals surface area contributed by atoms with E-state index in [2.05, 4.69) is 29.2 Å². The van der Waals surface area contributed by atoms with Gasteiger partial charge in [0.05, 0.1) is 13.2 Å². The third-order valence-electron chi connectivity index (χ3n) is 7.51. The molecule has 0 N–H and O–H groups in total. The highest BCUT2D eigenvalue weighted by atomic mass is 16.5. The fourth-order valence-corrected chi connectivity index (χ4v) is 5.80. The standard InChI is InChI=1S/C26H31N3O3/c1-19-5-4-8-23(27-19)25(31)29-11-9-26(10-12-29)18-20(21-6-2-3-7-22(21)26)17-24(30)28-13-15-32-16-14-28/h2-8,20H,9-18H2,1H3. The van der Waals surface area contributed by atoms with Crippen LogP contribution in [0.25, 0.3) is 0 Å². The first kappa shape index (κ1) is 21.1. The molecule has 32 heavy (non-hydrogen) atoms. The Bertz CT molecular complexity index is 1010. The van der Waals surface area contributed by atoms with Gasteiger partial charge in [0.2, 0.25) is 5.91 Å². The molecule has 3 aliphatic rings. The number of hydrogen-bond donors (Lipinski definition) is 0. The predicted molar refractivity (Wildman–Crippen MR) is 122 cm³/mol. The number of morpholine rings is 1. The predicted octanol–water partition coefficient (Wildman–Crippen LogP) is 3.30. The van der Waals surface area contributed by atoms with Gasteiger partial charge in [0.25, 0.3) is 5.91 Å². The molecule has 1 aromatic heterocycles. The van der Waals surface area contributed by atoms with Gasteiger partial charge in [0.15, 0.2) is 0 Å². The van der Waals surface area contributed by atoms with E-state index >= 15 is 0 Å². The van der Waals surface area contributed by atoms with Crippen molar-refractivity contribution in [1.82, 2.24) is 14.8 Å². The van der Waals surface area contributed by atoms with E-state index in [0.29, 0.717) is 38.4 Å².